The summed E-state index contributed by atoms with van der Waals surface area (Å²) in [5, 5.41) is 0. The van der Waals surface area contributed by atoms with E-state index >= 15 is 0 Å². The number of hydrogen-bond acceptors (Lipinski definition) is 4. The number of benzene rings is 1. The Morgan fingerprint density at radius 3 is 2.80 bits per heavy atom. The van der Waals surface area contributed by atoms with Crippen LogP contribution in [0.5, 0.6) is 0 Å². The summed E-state index contributed by atoms with van der Waals surface area (Å²) in [5.41, 5.74) is 2.59. The number of fused-ring (bicyclic) bond motifs is 1. The van der Waals surface area contributed by atoms with Crippen LogP contribution in [0.2, 0.25) is 0 Å². The van der Waals surface area contributed by atoms with Gasteiger partial charge in [-0.3, -0.25) is 9.74 Å². The number of aryl methyl sites for hydroxylation is 1. The van der Waals surface area contributed by atoms with E-state index < -0.39 is 5.60 Å². The van der Waals surface area contributed by atoms with Gasteiger partial charge in [-0.2, -0.15) is 0 Å². The fourth-order valence-corrected chi connectivity index (χ4v) is 2.34. The summed E-state index contributed by atoms with van der Waals surface area (Å²) in [6.07, 6.45) is 1.59. The Balaban J connectivity index is 2.22. The summed E-state index contributed by atoms with van der Waals surface area (Å²) in [6.45, 7) is 6.68. The quantitative estimate of drug-likeness (QED) is 0.845. The van der Waals surface area contributed by atoms with Gasteiger partial charge in [0.25, 0.3) is 0 Å². The summed E-state index contributed by atoms with van der Waals surface area (Å²) < 4.78 is 5.45. The Hall–Kier alpha value is -1.59. The van der Waals surface area contributed by atoms with Crippen molar-refractivity contribution < 1.29 is 14.4 Å². The van der Waals surface area contributed by atoms with E-state index in [4.69, 9.17) is 10.6 Å². The predicted octanol–water partition coefficient (Wildman–Crippen LogP) is 2.76. The van der Waals surface area contributed by atoms with E-state index in [9.17, 15) is 4.79 Å². The molecule has 0 aromatic heterocycles. The standard InChI is InChI=1S/C15H22N2O3/c1-15(2,3)20-14(18)17-8-4-5-12-9-11(10-19-16)6-7-13(12)17/h6-7,9H,4-5,8,10,16H2,1-3H3. The number of nitrogens with zero attached hydrogens (tertiary/aromatic N) is 1. The molecule has 1 amide bonds. The molecule has 0 saturated heterocycles. The zero-order chi connectivity index (χ0) is 14.8. The van der Waals surface area contributed by atoms with Crippen LogP contribution in [0.1, 0.15) is 38.3 Å². The molecule has 0 unspecified atom stereocenters. The summed E-state index contributed by atoms with van der Waals surface area (Å²) in [5.74, 6) is 5.10. The van der Waals surface area contributed by atoms with Gasteiger partial charge in [0, 0.05) is 6.54 Å². The average molecular weight is 278 g/mol. The zero-order valence-corrected chi connectivity index (χ0v) is 12.3. The molecule has 0 atom stereocenters. The van der Waals surface area contributed by atoms with Gasteiger partial charge in [-0.15, -0.1) is 0 Å². The minimum absolute atomic E-state index is 0.290. The van der Waals surface area contributed by atoms with E-state index in [1.807, 2.05) is 39.0 Å². The lowest BCUT2D eigenvalue weighted by Gasteiger charge is -2.31. The van der Waals surface area contributed by atoms with E-state index in [0.717, 1.165) is 29.7 Å². The van der Waals surface area contributed by atoms with Crippen LogP contribution in [-0.4, -0.2) is 18.2 Å². The Bertz CT molecular complexity index is 494. The highest BCUT2D eigenvalue weighted by atomic mass is 16.6. The topological polar surface area (TPSA) is 64.8 Å². The largest absolute Gasteiger partial charge is 0.443 e. The summed E-state index contributed by atoms with van der Waals surface area (Å²) in [6, 6.07) is 5.90. The van der Waals surface area contributed by atoms with Gasteiger partial charge in [0.15, 0.2) is 0 Å². The fraction of sp³-hybridized carbons (Fsp3) is 0.533. The molecule has 5 heteroatoms. The maximum atomic E-state index is 12.2. The molecular formula is C15H22N2O3. The van der Waals surface area contributed by atoms with E-state index in [-0.39, 0.29) is 6.09 Å². The molecule has 0 radical (unpaired) electrons. The van der Waals surface area contributed by atoms with Crippen molar-refractivity contribution in [2.24, 2.45) is 5.90 Å². The molecule has 1 aliphatic rings. The Labute approximate surface area is 119 Å². The van der Waals surface area contributed by atoms with Crippen LogP contribution in [-0.2, 0) is 22.6 Å². The van der Waals surface area contributed by atoms with Crippen LogP contribution in [0.25, 0.3) is 0 Å². The highest BCUT2D eigenvalue weighted by Crippen LogP contribution is 2.29. The van der Waals surface area contributed by atoms with E-state index in [2.05, 4.69) is 4.84 Å². The molecule has 20 heavy (non-hydrogen) atoms. The molecule has 1 aromatic rings. The molecule has 0 saturated carbocycles. The number of nitrogens with two attached hydrogens (primary N) is 1. The van der Waals surface area contributed by atoms with Crippen molar-refractivity contribution >= 4 is 11.8 Å². The van der Waals surface area contributed by atoms with Crippen molar-refractivity contribution in [2.75, 3.05) is 11.4 Å². The number of hydrogen-bond donors (Lipinski definition) is 1. The molecule has 110 valence electrons. The van der Waals surface area contributed by atoms with Crippen molar-refractivity contribution in [3.05, 3.63) is 29.3 Å². The molecule has 2 N–H and O–H groups in total. The van der Waals surface area contributed by atoms with Gasteiger partial charge in [0.2, 0.25) is 0 Å². The summed E-state index contributed by atoms with van der Waals surface area (Å²) in [4.78, 5) is 18.6. The summed E-state index contributed by atoms with van der Waals surface area (Å²) >= 11 is 0. The second-order valence-electron chi connectivity index (χ2n) is 6.01. The second-order valence-corrected chi connectivity index (χ2v) is 6.01. The van der Waals surface area contributed by atoms with Gasteiger partial charge in [0.1, 0.15) is 5.60 Å². The lowest BCUT2D eigenvalue weighted by molar-refractivity contribution is 0.0578. The maximum Gasteiger partial charge on any atom is 0.414 e. The molecule has 2 rings (SSSR count). The van der Waals surface area contributed by atoms with Crippen LogP contribution in [0.15, 0.2) is 18.2 Å². The molecule has 0 bridgehead atoms. The lowest BCUT2D eigenvalue weighted by Crippen LogP contribution is -2.39. The number of ether oxygens (including phenoxy) is 1. The number of anilines is 1. The van der Waals surface area contributed by atoms with Gasteiger partial charge >= 0.3 is 6.09 Å². The third kappa shape index (κ3) is 3.49. The van der Waals surface area contributed by atoms with Crippen LogP contribution in [0.3, 0.4) is 0 Å². The smallest absolute Gasteiger partial charge is 0.414 e. The first kappa shape index (κ1) is 14.8. The number of amides is 1. The van der Waals surface area contributed by atoms with Crippen molar-refractivity contribution in [3.8, 4) is 0 Å². The SMILES string of the molecule is CC(C)(C)OC(=O)N1CCCc2cc(CON)ccc21. The highest BCUT2D eigenvalue weighted by molar-refractivity contribution is 5.89. The van der Waals surface area contributed by atoms with Crippen molar-refractivity contribution in [2.45, 2.75) is 45.8 Å². The molecule has 1 heterocycles. The maximum absolute atomic E-state index is 12.2. The molecule has 5 nitrogen and oxygen atoms in total. The first-order valence-corrected chi connectivity index (χ1v) is 6.85. The third-order valence-corrected chi connectivity index (χ3v) is 3.13. The second kappa shape index (κ2) is 5.81. The van der Waals surface area contributed by atoms with Crippen LogP contribution >= 0.6 is 0 Å². The molecule has 1 aliphatic heterocycles. The van der Waals surface area contributed by atoms with E-state index in [1.54, 1.807) is 4.90 Å². The fourth-order valence-electron chi connectivity index (χ4n) is 2.34. The minimum Gasteiger partial charge on any atom is -0.443 e. The minimum atomic E-state index is -0.484. The molecule has 0 aliphatic carbocycles. The number of rotatable bonds is 2. The van der Waals surface area contributed by atoms with Gasteiger partial charge < -0.3 is 4.74 Å². The van der Waals surface area contributed by atoms with Crippen molar-refractivity contribution in [1.82, 2.24) is 0 Å². The van der Waals surface area contributed by atoms with Gasteiger partial charge in [-0.05, 0) is 50.8 Å². The van der Waals surface area contributed by atoms with Crippen molar-refractivity contribution in [3.63, 3.8) is 0 Å². The number of carbonyl (C=O) groups is 1. The third-order valence-electron chi connectivity index (χ3n) is 3.13. The van der Waals surface area contributed by atoms with Crippen LogP contribution in [0.4, 0.5) is 10.5 Å². The zero-order valence-electron chi connectivity index (χ0n) is 12.3. The molecule has 0 fully saturated rings. The molecular weight excluding hydrogens is 256 g/mol. The first-order valence-electron chi connectivity index (χ1n) is 6.85. The van der Waals surface area contributed by atoms with Crippen LogP contribution in [0, 0.1) is 0 Å². The normalized spacial score (nSPS) is 14.9. The van der Waals surface area contributed by atoms with Gasteiger partial charge in [-0.1, -0.05) is 12.1 Å². The Morgan fingerprint density at radius 1 is 1.40 bits per heavy atom. The summed E-state index contributed by atoms with van der Waals surface area (Å²) in [7, 11) is 0. The Kier molecular flexibility index (Phi) is 4.30. The van der Waals surface area contributed by atoms with E-state index in [0.29, 0.717) is 13.2 Å². The highest BCUT2D eigenvalue weighted by Gasteiger charge is 2.27. The molecule has 0 spiro atoms. The predicted molar refractivity (Wildman–Crippen MR) is 77.3 cm³/mol. The van der Waals surface area contributed by atoms with Crippen LogP contribution < -0.4 is 10.8 Å². The average Bonchev–Trinajstić information content (AvgIpc) is 2.36. The Morgan fingerprint density at radius 2 is 2.15 bits per heavy atom. The van der Waals surface area contributed by atoms with Gasteiger partial charge in [-0.25, -0.2) is 10.7 Å². The number of carbonyl (C=O) groups excluding carboxylic acids is 1. The first-order chi connectivity index (χ1) is 9.40. The molecule has 1 aromatic carbocycles. The van der Waals surface area contributed by atoms with Crippen molar-refractivity contribution in [1.29, 1.82) is 0 Å². The van der Waals surface area contributed by atoms with Gasteiger partial charge in [0.05, 0.1) is 12.3 Å². The lowest BCUT2D eigenvalue weighted by atomic mass is 10.00. The monoisotopic (exact) mass is 278 g/mol. The van der Waals surface area contributed by atoms with E-state index in [1.165, 1.54) is 0 Å².